The molecule has 0 radical (unpaired) electrons. The van der Waals surface area contributed by atoms with Crippen LogP contribution in [0.5, 0.6) is 0 Å². The molecule has 5 rings (SSSR count). The molecule has 1 N–H and O–H groups in total. The normalized spacial score (nSPS) is 19.8. The second-order valence-corrected chi connectivity index (χ2v) is 10.7. The smallest absolute Gasteiger partial charge is 0.303 e. The highest BCUT2D eigenvalue weighted by Crippen LogP contribution is 2.31. The Hall–Kier alpha value is -2.42. The number of likely N-dealkylation sites (tertiary alicyclic amines) is 1. The van der Waals surface area contributed by atoms with Gasteiger partial charge in [-0.15, -0.1) is 12.4 Å². The van der Waals surface area contributed by atoms with Crippen molar-refractivity contribution in [3.8, 4) is 0 Å². The lowest BCUT2D eigenvalue weighted by Crippen LogP contribution is -2.47. The molecule has 10 heteroatoms. The molecule has 3 aromatic rings. The van der Waals surface area contributed by atoms with Gasteiger partial charge in [-0.05, 0) is 82.7 Å². The first-order valence-corrected chi connectivity index (χ1v) is 13.4. The number of hydrogen-bond acceptors (Lipinski definition) is 6. The summed E-state index contributed by atoms with van der Waals surface area (Å²) in [7, 11) is 0. The molecule has 2 aromatic heterocycles. The topological polar surface area (TPSA) is 87.4 Å². The summed E-state index contributed by atoms with van der Waals surface area (Å²) in [5.41, 5.74) is 4.82. The van der Waals surface area contributed by atoms with Crippen LogP contribution in [0.1, 0.15) is 68.3 Å². The number of anilines is 1. The SMILES string of the molecule is Cc1cc(Cl)ccc1C(C)n1nc(C)c2ncc(N3CCC(N4CCCC4CCC(=O)O)CC3)nc21.Cl. The molecule has 2 unspecified atom stereocenters. The first-order chi connectivity index (χ1) is 17.3. The maximum Gasteiger partial charge on any atom is 0.303 e. The van der Waals surface area contributed by atoms with Crippen LogP contribution in [0.3, 0.4) is 0 Å². The Morgan fingerprint density at radius 2 is 1.95 bits per heavy atom. The van der Waals surface area contributed by atoms with E-state index < -0.39 is 5.97 Å². The average molecular weight is 548 g/mol. The third-order valence-electron chi connectivity index (χ3n) is 7.98. The van der Waals surface area contributed by atoms with Gasteiger partial charge in [0.05, 0.1) is 17.9 Å². The van der Waals surface area contributed by atoms with Gasteiger partial charge in [0, 0.05) is 36.6 Å². The van der Waals surface area contributed by atoms with Gasteiger partial charge in [0.2, 0.25) is 0 Å². The fourth-order valence-electron chi connectivity index (χ4n) is 6.07. The molecule has 0 saturated carbocycles. The van der Waals surface area contributed by atoms with Crippen molar-refractivity contribution in [3.05, 3.63) is 46.2 Å². The number of carbonyl (C=O) groups is 1. The Kier molecular flexibility index (Phi) is 8.61. The highest BCUT2D eigenvalue weighted by Gasteiger charge is 2.33. The zero-order valence-electron chi connectivity index (χ0n) is 21.7. The molecule has 0 spiro atoms. The van der Waals surface area contributed by atoms with Crippen molar-refractivity contribution in [2.24, 2.45) is 0 Å². The van der Waals surface area contributed by atoms with Crippen molar-refractivity contribution in [2.45, 2.75) is 77.4 Å². The molecular weight excluding hydrogens is 511 g/mol. The van der Waals surface area contributed by atoms with Crippen LogP contribution in [0.2, 0.25) is 5.02 Å². The van der Waals surface area contributed by atoms with E-state index in [-0.39, 0.29) is 24.9 Å². The lowest BCUT2D eigenvalue weighted by Gasteiger charge is -2.39. The van der Waals surface area contributed by atoms with Crippen molar-refractivity contribution in [2.75, 3.05) is 24.5 Å². The molecule has 2 saturated heterocycles. The Bertz CT molecular complexity index is 1260. The van der Waals surface area contributed by atoms with Crippen molar-refractivity contribution in [1.82, 2.24) is 24.6 Å². The van der Waals surface area contributed by atoms with Crippen molar-refractivity contribution in [3.63, 3.8) is 0 Å². The fourth-order valence-corrected chi connectivity index (χ4v) is 6.30. The minimum atomic E-state index is -0.694. The number of carboxylic acid groups (broad SMARTS) is 1. The molecule has 1 aromatic carbocycles. The molecular formula is C27H36Cl2N6O2. The van der Waals surface area contributed by atoms with E-state index in [4.69, 9.17) is 31.8 Å². The molecule has 2 fully saturated rings. The van der Waals surface area contributed by atoms with Crippen LogP contribution in [0.4, 0.5) is 5.82 Å². The van der Waals surface area contributed by atoms with E-state index in [1.807, 2.05) is 29.9 Å². The zero-order chi connectivity index (χ0) is 25.4. The van der Waals surface area contributed by atoms with Crippen LogP contribution in [0.25, 0.3) is 11.2 Å². The molecule has 200 valence electrons. The molecule has 0 bridgehead atoms. The lowest BCUT2D eigenvalue weighted by molar-refractivity contribution is -0.137. The van der Waals surface area contributed by atoms with Gasteiger partial charge >= 0.3 is 5.97 Å². The van der Waals surface area contributed by atoms with Gasteiger partial charge < -0.3 is 10.0 Å². The van der Waals surface area contributed by atoms with E-state index in [2.05, 4.69) is 29.7 Å². The van der Waals surface area contributed by atoms with E-state index in [1.165, 1.54) is 12.0 Å². The maximum atomic E-state index is 11.1. The quantitative estimate of drug-likeness (QED) is 0.422. The van der Waals surface area contributed by atoms with Crippen LogP contribution in [0.15, 0.2) is 24.4 Å². The van der Waals surface area contributed by atoms with Crippen LogP contribution in [0, 0.1) is 13.8 Å². The number of benzene rings is 1. The van der Waals surface area contributed by atoms with Crippen LogP contribution < -0.4 is 4.90 Å². The first kappa shape index (κ1) is 27.6. The van der Waals surface area contributed by atoms with Crippen LogP contribution >= 0.6 is 24.0 Å². The van der Waals surface area contributed by atoms with Gasteiger partial charge in [-0.1, -0.05) is 17.7 Å². The average Bonchev–Trinajstić information content (AvgIpc) is 3.46. The summed E-state index contributed by atoms with van der Waals surface area (Å²) in [4.78, 5) is 25.8. The summed E-state index contributed by atoms with van der Waals surface area (Å²) in [6.45, 7) is 9.12. The fraction of sp³-hybridized carbons (Fsp3) is 0.556. The third-order valence-corrected chi connectivity index (χ3v) is 8.21. The molecule has 37 heavy (non-hydrogen) atoms. The first-order valence-electron chi connectivity index (χ1n) is 13.0. The summed E-state index contributed by atoms with van der Waals surface area (Å²) < 4.78 is 1.99. The van der Waals surface area contributed by atoms with E-state index in [9.17, 15) is 4.79 Å². The van der Waals surface area contributed by atoms with E-state index in [1.54, 1.807) is 0 Å². The minimum absolute atomic E-state index is 0. The molecule has 2 aliphatic rings. The standard InChI is InChI=1S/C27H35ClN6O2.ClH/c1-17-15-20(28)6-8-23(17)19(3)34-27-26(18(2)31-34)29-16-24(30-27)32-13-10-22(11-14-32)33-12-4-5-21(33)7-9-25(35)36;/h6,8,15-16,19,21-22H,4-5,7,9-14H2,1-3H3,(H,35,36);1H. The van der Waals surface area contributed by atoms with Gasteiger partial charge in [-0.3, -0.25) is 9.69 Å². The highest BCUT2D eigenvalue weighted by molar-refractivity contribution is 6.30. The van der Waals surface area contributed by atoms with Crippen molar-refractivity contribution in [1.29, 1.82) is 0 Å². The number of fused-ring (bicyclic) bond motifs is 1. The predicted molar refractivity (Wildman–Crippen MR) is 149 cm³/mol. The summed E-state index contributed by atoms with van der Waals surface area (Å²) in [5.74, 6) is 0.201. The number of carboxylic acids is 1. The van der Waals surface area contributed by atoms with Gasteiger partial charge in [0.1, 0.15) is 11.3 Å². The summed E-state index contributed by atoms with van der Waals surface area (Å²) in [6, 6.07) is 6.90. The zero-order valence-corrected chi connectivity index (χ0v) is 23.3. The van der Waals surface area contributed by atoms with Crippen LogP contribution in [-0.4, -0.2) is 67.4 Å². The largest absolute Gasteiger partial charge is 0.481 e. The maximum absolute atomic E-state index is 11.1. The Morgan fingerprint density at radius 3 is 2.65 bits per heavy atom. The number of halogens is 2. The molecule has 2 aliphatic heterocycles. The number of hydrogen-bond donors (Lipinski definition) is 1. The van der Waals surface area contributed by atoms with Gasteiger partial charge in [0.15, 0.2) is 5.65 Å². The predicted octanol–water partition coefficient (Wildman–Crippen LogP) is 5.43. The highest BCUT2D eigenvalue weighted by atomic mass is 35.5. The van der Waals surface area contributed by atoms with Crippen LogP contribution in [-0.2, 0) is 4.79 Å². The molecule has 8 nitrogen and oxygen atoms in total. The number of piperidine rings is 1. The van der Waals surface area contributed by atoms with Crippen molar-refractivity contribution < 1.29 is 9.90 Å². The minimum Gasteiger partial charge on any atom is -0.481 e. The van der Waals surface area contributed by atoms with E-state index >= 15 is 0 Å². The summed E-state index contributed by atoms with van der Waals surface area (Å²) in [5, 5.41) is 14.6. The summed E-state index contributed by atoms with van der Waals surface area (Å²) >= 11 is 6.18. The van der Waals surface area contributed by atoms with E-state index in [0.29, 0.717) is 12.1 Å². The van der Waals surface area contributed by atoms with Gasteiger partial charge in [0.25, 0.3) is 0 Å². The third kappa shape index (κ3) is 5.71. The summed E-state index contributed by atoms with van der Waals surface area (Å²) in [6.07, 6.45) is 7.30. The Morgan fingerprint density at radius 1 is 1.19 bits per heavy atom. The van der Waals surface area contributed by atoms with Gasteiger partial charge in [-0.2, -0.15) is 5.10 Å². The number of aryl methyl sites for hydroxylation is 2. The number of aromatic nitrogens is 4. The molecule has 2 atom stereocenters. The monoisotopic (exact) mass is 546 g/mol. The number of nitrogens with zero attached hydrogens (tertiary/aromatic N) is 6. The Labute approximate surface area is 229 Å². The van der Waals surface area contributed by atoms with Crippen molar-refractivity contribution >= 4 is 47.0 Å². The molecule has 0 amide bonds. The molecule has 4 heterocycles. The lowest BCUT2D eigenvalue weighted by atomic mass is 10.0. The van der Waals surface area contributed by atoms with E-state index in [0.717, 1.165) is 78.6 Å². The second-order valence-electron chi connectivity index (χ2n) is 10.3. The molecule has 0 aliphatic carbocycles. The van der Waals surface area contributed by atoms with Gasteiger partial charge in [-0.25, -0.2) is 14.6 Å². The Balaban J connectivity index is 0.00000320. The second kappa shape index (κ2) is 11.5. The number of rotatable bonds is 7. The number of aliphatic carboxylic acids is 1.